The van der Waals surface area contributed by atoms with Gasteiger partial charge in [0.15, 0.2) is 0 Å². The van der Waals surface area contributed by atoms with Gasteiger partial charge in [-0.15, -0.1) is 5.10 Å². The molecule has 2 aromatic heterocycles. The average Bonchev–Trinajstić information content (AvgIpc) is 3.08. The molecule has 0 aliphatic heterocycles. The molecule has 27 heavy (non-hydrogen) atoms. The third kappa shape index (κ3) is 3.84. The van der Waals surface area contributed by atoms with Crippen LogP contribution in [0.25, 0.3) is 5.69 Å². The summed E-state index contributed by atoms with van der Waals surface area (Å²) in [6.45, 7) is 3.44. The lowest BCUT2D eigenvalue weighted by atomic mass is 10.2. The van der Waals surface area contributed by atoms with Crippen LogP contribution in [0.2, 0.25) is 0 Å². The first kappa shape index (κ1) is 17.9. The Hall–Kier alpha value is -3.95. The second kappa shape index (κ2) is 7.52. The number of pyridine rings is 1. The molecule has 136 valence electrons. The van der Waals surface area contributed by atoms with Crippen molar-refractivity contribution >= 4 is 17.3 Å². The molecule has 0 saturated carbocycles. The molecular formula is C17H15N7O3. The van der Waals surface area contributed by atoms with E-state index in [2.05, 4.69) is 25.8 Å². The van der Waals surface area contributed by atoms with Crippen molar-refractivity contribution in [1.29, 1.82) is 0 Å². The number of hydrogen-bond donors (Lipinski definition) is 1. The van der Waals surface area contributed by atoms with Gasteiger partial charge in [0.05, 0.1) is 27.6 Å². The van der Waals surface area contributed by atoms with E-state index >= 15 is 0 Å². The normalized spacial score (nSPS) is 11.3. The van der Waals surface area contributed by atoms with Gasteiger partial charge in [-0.1, -0.05) is 11.3 Å². The summed E-state index contributed by atoms with van der Waals surface area (Å²) in [5.41, 5.74) is 4.83. The maximum Gasteiger partial charge on any atom is 0.272 e. The number of nitrogens with one attached hydrogen (secondary N) is 1. The number of carbonyl (C=O) groups excluding carboxylic acids is 1. The van der Waals surface area contributed by atoms with Gasteiger partial charge in [0.1, 0.15) is 5.69 Å². The number of nitro benzene ring substituents is 1. The molecular weight excluding hydrogens is 350 g/mol. The summed E-state index contributed by atoms with van der Waals surface area (Å²) in [5, 5.41) is 23.1. The third-order valence-corrected chi connectivity index (χ3v) is 3.77. The van der Waals surface area contributed by atoms with Gasteiger partial charge in [-0.3, -0.25) is 19.9 Å². The number of benzene rings is 1. The van der Waals surface area contributed by atoms with Gasteiger partial charge in [-0.2, -0.15) is 5.10 Å². The molecule has 0 spiro atoms. The van der Waals surface area contributed by atoms with Crippen molar-refractivity contribution in [2.75, 3.05) is 0 Å². The van der Waals surface area contributed by atoms with Crippen molar-refractivity contribution < 1.29 is 9.72 Å². The third-order valence-electron chi connectivity index (χ3n) is 3.77. The largest absolute Gasteiger partial charge is 0.272 e. The number of non-ortho nitro benzene ring substituents is 1. The highest BCUT2D eigenvalue weighted by Crippen LogP contribution is 2.18. The molecule has 0 aliphatic rings. The number of nitrogens with zero attached hydrogens (tertiary/aromatic N) is 6. The second-order valence-corrected chi connectivity index (χ2v) is 5.59. The maximum atomic E-state index is 12.0. The van der Waals surface area contributed by atoms with Crippen LogP contribution in [-0.2, 0) is 0 Å². The Morgan fingerprint density at radius 3 is 2.81 bits per heavy atom. The van der Waals surface area contributed by atoms with Crippen LogP contribution in [0.3, 0.4) is 0 Å². The zero-order chi connectivity index (χ0) is 19.4. The summed E-state index contributed by atoms with van der Waals surface area (Å²) in [6, 6.07) is 9.34. The Morgan fingerprint density at radius 1 is 1.30 bits per heavy atom. The number of hydrogen-bond acceptors (Lipinski definition) is 7. The van der Waals surface area contributed by atoms with Crippen LogP contribution < -0.4 is 5.43 Å². The first-order chi connectivity index (χ1) is 13.0. The Balaban J connectivity index is 1.83. The van der Waals surface area contributed by atoms with Crippen molar-refractivity contribution in [3.8, 4) is 5.69 Å². The quantitative estimate of drug-likeness (QED) is 0.418. The molecule has 0 radical (unpaired) electrons. The number of hydrazone groups is 1. The van der Waals surface area contributed by atoms with E-state index in [1.165, 1.54) is 23.0 Å². The molecule has 0 unspecified atom stereocenters. The SMILES string of the molecule is C/C(=N/NC(=O)c1cccnc1)c1nnn(-c2cccc([N+](=O)[O-])c2)c1C. The summed E-state index contributed by atoms with van der Waals surface area (Å²) in [4.78, 5) is 26.4. The van der Waals surface area contributed by atoms with Crippen molar-refractivity contribution in [1.82, 2.24) is 25.4 Å². The molecule has 0 fully saturated rings. The summed E-state index contributed by atoms with van der Waals surface area (Å²) in [7, 11) is 0. The van der Waals surface area contributed by atoms with Gasteiger partial charge in [0.2, 0.25) is 0 Å². The molecule has 0 atom stereocenters. The number of aromatic nitrogens is 4. The lowest BCUT2D eigenvalue weighted by Gasteiger charge is -2.04. The van der Waals surface area contributed by atoms with Crippen LogP contribution in [0.1, 0.15) is 28.7 Å². The van der Waals surface area contributed by atoms with Gasteiger partial charge in [-0.05, 0) is 32.0 Å². The number of nitro groups is 1. The molecule has 10 heteroatoms. The van der Waals surface area contributed by atoms with Gasteiger partial charge in [-0.25, -0.2) is 10.1 Å². The smallest absolute Gasteiger partial charge is 0.267 e. The highest BCUT2D eigenvalue weighted by atomic mass is 16.6. The van der Waals surface area contributed by atoms with E-state index in [-0.39, 0.29) is 5.69 Å². The predicted octanol–water partition coefficient (Wildman–Crippen LogP) is 2.03. The molecule has 1 amide bonds. The van der Waals surface area contributed by atoms with Crippen molar-refractivity contribution in [3.63, 3.8) is 0 Å². The average molecular weight is 365 g/mol. The fourth-order valence-electron chi connectivity index (χ4n) is 2.40. The number of amides is 1. The van der Waals surface area contributed by atoms with E-state index in [0.717, 1.165) is 0 Å². The van der Waals surface area contributed by atoms with Gasteiger partial charge in [0, 0.05) is 24.5 Å². The summed E-state index contributed by atoms with van der Waals surface area (Å²) >= 11 is 0. The number of carbonyl (C=O) groups is 1. The second-order valence-electron chi connectivity index (χ2n) is 5.59. The summed E-state index contributed by atoms with van der Waals surface area (Å²) in [6.07, 6.45) is 3.00. The van der Waals surface area contributed by atoms with Crippen LogP contribution in [-0.4, -0.2) is 36.5 Å². The van der Waals surface area contributed by atoms with Crippen LogP contribution in [0.15, 0.2) is 53.9 Å². The fourth-order valence-corrected chi connectivity index (χ4v) is 2.40. The van der Waals surface area contributed by atoms with Crippen molar-refractivity contribution in [2.24, 2.45) is 5.10 Å². The Bertz CT molecular complexity index is 1030. The van der Waals surface area contributed by atoms with E-state index < -0.39 is 10.8 Å². The standard InChI is InChI=1S/C17H15N7O3/c1-11(19-21-17(25)13-5-4-8-18-10-13)16-12(2)23(22-20-16)14-6-3-7-15(9-14)24(26)27/h3-10H,1-2H3,(H,21,25)/b19-11-. The molecule has 1 aromatic carbocycles. The first-order valence-electron chi connectivity index (χ1n) is 7.89. The molecule has 3 aromatic rings. The van der Waals surface area contributed by atoms with E-state index in [0.29, 0.717) is 28.4 Å². The minimum atomic E-state index is -0.475. The molecule has 0 saturated heterocycles. The summed E-state index contributed by atoms with van der Waals surface area (Å²) < 4.78 is 1.48. The van der Waals surface area contributed by atoms with Gasteiger partial charge in [0.25, 0.3) is 11.6 Å². The first-order valence-corrected chi connectivity index (χ1v) is 7.89. The minimum absolute atomic E-state index is 0.0435. The fraction of sp³-hybridized carbons (Fsp3) is 0.118. The Morgan fingerprint density at radius 2 is 2.11 bits per heavy atom. The van der Waals surface area contributed by atoms with Crippen molar-refractivity contribution in [2.45, 2.75) is 13.8 Å². The van der Waals surface area contributed by atoms with Crippen LogP contribution >= 0.6 is 0 Å². The molecule has 2 heterocycles. The van der Waals surface area contributed by atoms with E-state index in [1.54, 1.807) is 44.3 Å². The molecule has 0 bridgehead atoms. The topological polar surface area (TPSA) is 128 Å². The highest BCUT2D eigenvalue weighted by Gasteiger charge is 2.15. The zero-order valence-electron chi connectivity index (χ0n) is 14.5. The zero-order valence-corrected chi connectivity index (χ0v) is 14.5. The van der Waals surface area contributed by atoms with Crippen LogP contribution in [0.5, 0.6) is 0 Å². The van der Waals surface area contributed by atoms with Crippen molar-refractivity contribution in [3.05, 3.63) is 75.9 Å². The molecule has 10 nitrogen and oxygen atoms in total. The lowest BCUT2D eigenvalue weighted by Crippen LogP contribution is -2.19. The molecule has 3 rings (SSSR count). The molecule has 1 N–H and O–H groups in total. The maximum absolute atomic E-state index is 12.0. The van der Waals surface area contributed by atoms with Crippen LogP contribution in [0, 0.1) is 17.0 Å². The minimum Gasteiger partial charge on any atom is -0.267 e. The Labute approximate surface area is 153 Å². The van der Waals surface area contributed by atoms with E-state index in [1.807, 2.05) is 0 Å². The summed E-state index contributed by atoms with van der Waals surface area (Å²) in [5.74, 6) is -0.397. The van der Waals surface area contributed by atoms with Gasteiger partial charge < -0.3 is 0 Å². The van der Waals surface area contributed by atoms with Crippen LogP contribution in [0.4, 0.5) is 5.69 Å². The monoisotopic (exact) mass is 365 g/mol. The van der Waals surface area contributed by atoms with Gasteiger partial charge >= 0.3 is 0 Å². The predicted molar refractivity (Wildman–Crippen MR) is 96.7 cm³/mol. The number of rotatable bonds is 5. The molecule has 0 aliphatic carbocycles. The lowest BCUT2D eigenvalue weighted by molar-refractivity contribution is -0.384. The van der Waals surface area contributed by atoms with E-state index in [9.17, 15) is 14.9 Å². The van der Waals surface area contributed by atoms with E-state index in [4.69, 9.17) is 0 Å². The highest BCUT2D eigenvalue weighted by molar-refractivity contribution is 6.00. The Kier molecular flexibility index (Phi) is 4.97.